The van der Waals surface area contributed by atoms with Gasteiger partial charge < -0.3 is 10.2 Å². The third-order valence-corrected chi connectivity index (χ3v) is 6.61. The summed E-state index contributed by atoms with van der Waals surface area (Å²) in [5.41, 5.74) is 0.585. The SMILES string of the molecule is CC(C(=O)NC(C)(C)C)N(Cc1ccc(Br)cc1)C(=O)CN(c1cccc(Cl)c1)S(C)(=O)=O. The van der Waals surface area contributed by atoms with Crippen LogP contribution in [0, 0.1) is 0 Å². The highest BCUT2D eigenvalue weighted by Crippen LogP contribution is 2.23. The normalized spacial score (nSPS) is 12.7. The molecule has 0 aliphatic rings. The van der Waals surface area contributed by atoms with Crippen molar-refractivity contribution >= 4 is 55.1 Å². The summed E-state index contributed by atoms with van der Waals surface area (Å²) in [7, 11) is -3.80. The van der Waals surface area contributed by atoms with Gasteiger partial charge in [-0.25, -0.2) is 8.42 Å². The van der Waals surface area contributed by atoms with Crippen LogP contribution in [0.15, 0.2) is 53.0 Å². The van der Waals surface area contributed by atoms with Crippen molar-refractivity contribution in [2.75, 3.05) is 17.1 Å². The summed E-state index contributed by atoms with van der Waals surface area (Å²) >= 11 is 9.42. The highest BCUT2D eigenvalue weighted by Gasteiger charge is 2.31. The lowest BCUT2D eigenvalue weighted by Crippen LogP contribution is -2.54. The Balaban J connectivity index is 2.39. The number of nitrogens with one attached hydrogen (secondary N) is 1. The Morgan fingerprint density at radius 2 is 1.73 bits per heavy atom. The van der Waals surface area contributed by atoms with Crippen LogP contribution in [0.5, 0.6) is 0 Å². The van der Waals surface area contributed by atoms with Gasteiger partial charge in [0.25, 0.3) is 0 Å². The van der Waals surface area contributed by atoms with Crippen molar-refractivity contribution < 1.29 is 18.0 Å². The van der Waals surface area contributed by atoms with Gasteiger partial charge in [0, 0.05) is 21.6 Å². The lowest BCUT2D eigenvalue weighted by molar-refractivity contribution is -0.140. The molecule has 180 valence electrons. The first kappa shape index (κ1) is 27.1. The summed E-state index contributed by atoms with van der Waals surface area (Å²) in [6, 6.07) is 12.8. The second-order valence-corrected chi connectivity index (χ2v) is 12.1. The zero-order valence-corrected chi connectivity index (χ0v) is 22.5. The number of rotatable bonds is 8. The fourth-order valence-electron chi connectivity index (χ4n) is 3.09. The topological polar surface area (TPSA) is 86.8 Å². The minimum atomic E-state index is -3.80. The maximum Gasteiger partial charge on any atom is 0.244 e. The number of benzene rings is 2. The second-order valence-electron chi connectivity index (χ2n) is 8.81. The first-order valence-corrected chi connectivity index (χ1v) is 13.3. The molecule has 0 heterocycles. The molecule has 1 unspecified atom stereocenters. The number of anilines is 1. The fourth-order valence-corrected chi connectivity index (χ4v) is 4.38. The van der Waals surface area contributed by atoms with Crippen molar-refractivity contribution in [1.82, 2.24) is 10.2 Å². The molecular weight excluding hydrogens is 530 g/mol. The standard InChI is InChI=1S/C23H29BrClN3O4S/c1-16(22(30)26-23(2,3)4)27(14-17-9-11-18(24)12-10-17)21(29)15-28(33(5,31)32)20-8-6-7-19(25)13-20/h6-13,16H,14-15H2,1-5H3,(H,26,30). The number of amides is 2. The summed E-state index contributed by atoms with van der Waals surface area (Å²) in [5.74, 6) is -0.846. The van der Waals surface area contributed by atoms with Gasteiger partial charge in [0.05, 0.1) is 11.9 Å². The van der Waals surface area contributed by atoms with Gasteiger partial charge in [-0.05, 0) is 63.6 Å². The highest BCUT2D eigenvalue weighted by atomic mass is 79.9. The number of hydrogen-bond donors (Lipinski definition) is 1. The molecule has 7 nitrogen and oxygen atoms in total. The molecular formula is C23H29BrClN3O4S. The van der Waals surface area contributed by atoms with E-state index in [1.807, 2.05) is 45.0 Å². The lowest BCUT2D eigenvalue weighted by Gasteiger charge is -2.33. The van der Waals surface area contributed by atoms with Crippen LogP contribution < -0.4 is 9.62 Å². The van der Waals surface area contributed by atoms with Gasteiger partial charge in [0.15, 0.2) is 0 Å². The first-order chi connectivity index (χ1) is 15.2. The first-order valence-electron chi connectivity index (χ1n) is 10.3. The third-order valence-electron chi connectivity index (χ3n) is 4.71. The van der Waals surface area contributed by atoms with Crippen molar-refractivity contribution in [3.8, 4) is 0 Å². The average Bonchev–Trinajstić information content (AvgIpc) is 2.68. The molecule has 1 atom stereocenters. The Morgan fingerprint density at radius 3 is 2.24 bits per heavy atom. The number of halogens is 2. The molecule has 1 N–H and O–H groups in total. The third kappa shape index (κ3) is 8.32. The molecule has 0 radical (unpaired) electrons. The predicted octanol–water partition coefficient (Wildman–Crippen LogP) is 4.20. The summed E-state index contributed by atoms with van der Waals surface area (Å²) in [4.78, 5) is 27.7. The smallest absolute Gasteiger partial charge is 0.244 e. The van der Waals surface area contributed by atoms with E-state index in [-0.39, 0.29) is 18.1 Å². The van der Waals surface area contributed by atoms with E-state index in [4.69, 9.17) is 11.6 Å². The molecule has 0 bridgehead atoms. The van der Waals surface area contributed by atoms with E-state index in [0.29, 0.717) is 5.02 Å². The van der Waals surface area contributed by atoms with E-state index in [0.717, 1.165) is 20.6 Å². The number of carbonyl (C=O) groups is 2. The van der Waals surface area contributed by atoms with Crippen molar-refractivity contribution in [2.24, 2.45) is 0 Å². The zero-order valence-electron chi connectivity index (χ0n) is 19.3. The Morgan fingerprint density at radius 1 is 1.12 bits per heavy atom. The number of carbonyl (C=O) groups excluding carboxylic acids is 2. The maximum absolute atomic E-state index is 13.4. The monoisotopic (exact) mass is 557 g/mol. The van der Waals surface area contributed by atoms with Crippen molar-refractivity contribution in [1.29, 1.82) is 0 Å². The minimum Gasteiger partial charge on any atom is -0.350 e. The summed E-state index contributed by atoms with van der Waals surface area (Å²) in [5, 5.41) is 3.23. The molecule has 2 aromatic rings. The minimum absolute atomic E-state index is 0.137. The van der Waals surface area contributed by atoms with E-state index in [2.05, 4.69) is 21.2 Å². The average molecular weight is 559 g/mol. The van der Waals surface area contributed by atoms with Gasteiger partial charge in [-0.3, -0.25) is 13.9 Å². The Bertz CT molecular complexity index is 1100. The molecule has 0 saturated carbocycles. The Kier molecular flexibility index (Phi) is 8.95. The van der Waals surface area contributed by atoms with Gasteiger partial charge in [-0.2, -0.15) is 0 Å². The van der Waals surface area contributed by atoms with E-state index >= 15 is 0 Å². The number of sulfonamides is 1. The van der Waals surface area contributed by atoms with E-state index < -0.39 is 34.1 Å². The van der Waals surface area contributed by atoms with Crippen LogP contribution in [0.1, 0.15) is 33.3 Å². The van der Waals surface area contributed by atoms with Gasteiger partial charge in [0.1, 0.15) is 12.6 Å². The molecule has 33 heavy (non-hydrogen) atoms. The van der Waals surface area contributed by atoms with Crippen LogP contribution >= 0.6 is 27.5 Å². The largest absolute Gasteiger partial charge is 0.350 e. The molecule has 0 saturated heterocycles. The number of nitrogens with zero attached hydrogens (tertiary/aromatic N) is 2. The molecule has 0 fully saturated rings. The lowest BCUT2D eigenvalue weighted by atomic mass is 10.1. The van der Waals surface area contributed by atoms with Crippen LogP contribution in [0.2, 0.25) is 5.02 Å². The molecule has 2 rings (SSSR count). The second kappa shape index (κ2) is 10.9. The predicted molar refractivity (Wildman–Crippen MR) is 136 cm³/mol. The maximum atomic E-state index is 13.4. The highest BCUT2D eigenvalue weighted by molar-refractivity contribution is 9.10. The Labute approximate surface area is 209 Å². The fraction of sp³-hybridized carbons (Fsp3) is 0.391. The van der Waals surface area contributed by atoms with Crippen LogP contribution in [0.4, 0.5) is 5.69 Å². The van der Waals surface area contributed by atoms with Crippen LogP contribution in [-0.4, -0.2) is 49.5 Å². The van der Waals surface area contributed by atoms with Crippen LogP contribution in [0.25, 0.3) is 0 Å². The number of hydrogen-bond acceptors (Lipinski definition) is 4. The van der Waals surface area contributed by atoms with Crippen molar-refractivity contribution in [2.45, 2.75) is 45.8 Å². The molecule has 0 aliphatic heterocycles. The quantitative estimate of drug-likeness (QED) is 0.526. The summed E-state index contributed by atoms with van der Waals surface area (Å²) < 4.78 is 26.9. The molecule has 2 amide bonds. The van der Waals surface area contributed by atoms with Crippen LogP contribution in [-0.2, 0) is 26.2 Å². The Hall–Kier alpha value is -2.10. The van der Waals surface area contributed by atoms with Gasteiger partial charge in [0.2, 0.25) is 21.8 Å². The van der Waals surface area contributed by atoms with Crippen molar-refractivity contribution in [3.63, 3.8) is 0 Å². The zero-order chi connectivity index (χ0) is 25.0. The molecule has 0 aliphatic carbocycles. The van der Waals surface area contributed by atoms with Gasteiger partial charge in [-0.15, -0.1) is 0 Å². The van der Waals surface area contributed by atoms with Gasteiger partial charge in [-0.1, -0.05) is 45.7 Å². The van der Waals surface area contributed by atoms with Crippen molar-refractivity contribution in [3.05, 3.63) is 63.6 Å². The van der Waals surface area contributed by atoms with Crippen LogP contribution in [0.3, 0.4) is 0 Å². The van der Waals surface area contributed by atoms with E-state index in [9.17, 15) is 18.0 Å². The van der Waals surface area contributed by atoms with Gasteiger partial charge >= 0.3 is 0 Å². The molecule has 10 heteroatoms. The molecule has 0 aromatic heterocycles. The summed E-state index contributed by atoms with van der Waals surface area (Å²) in [6.45, 7) is 6.85. The summed E-state index contributed by atoms with van der Waals surface area (Å²) in [6.07, 6.45) is 1.02. The molecule has 0 spiro atoms. The van der Waals surface area contributed by atoms with E-state index in [1.165, 1.54) is 11.0 Å². The van der Waals surface area contributed by atoms with E-state index in [1.54, 1.807) is 25.1 Å². The molecule has 2 aromatic carbocycles.